The molecular formula is C27H28F3N5O2S. The lowest BCUT2D eigenvalue weighted by Crippen LogP contribution is -2.45. The molecule has 0 unspecified atom stereocenters. The van der Waals surface area contributed by atoms with Crippen LogP contribution in [0.15, 0.2) is 59.1 Å². The molecule has 2 aliphatic heterocycles. The zero-order valence-corrected chi connectivity index (χ0v) is 21.9. The van der Waals surface area contributed by atoms with E-state index in [9.17, 15) is 18.0 Å². The number of amidine groups is 1. The summed E-state index contributed by atoms with van der Waals surface area (Å²) in [6, 6.07) is 9.79. The van der Waals surface area contributed by atoms with Crippen molar-refractivity contribution in [3.63, 3.8) is 0 Å². The second-order valence-corrected chi connectivity index (χ2v) is 9.83. The molecule has 0 spiro atoms. The van der Waals surface area contributed by atoms with E-state index in [2.05, 4.69) is 26.9 Å². The van der Waals surface area contributed by atoms with Crippen molar-refractivity contribution in [2.45, 2.75) is 19.6 Å². The molecule has 5 rings (SSSR count). The molecule has 1 saturated heterocycles. The monoisotopic (exact) mass is 543 g/mol. The minimum Gasteiger partial charge on any atom is -0.400 e. The van der Waals surface area contributed by atoms with Gasteiger partial charge in [-0.3, -0.25) is 9.48 Å². The first-order chi connectivity index (χ1) is 18.2. The first kappa shape index (κ1) is 27.6. The summed E-state index contributed by atoms with van der Waals surface area (Å²) in [5.74, 6) is -0.262. The number of nitrogens with one attached hydrogen (secondary N) is 1. The molecule has 38 heavy (non-hydrogen) atoms. The molecule has 2 aliphatic rings. The molecule has 0 radical (unpaired) electrons. The van der Waals surface area contributed by atoms with E-state index < -0.39 is 11.7 Å². The number of hydrogen-bond acceptors (Lipinski definition) is 6. The van der Waals surface area contributed by atoms with Crippen molar-refractivity contribution in [3.05, 3.63) is 76.3 Å². The van der Waals surface area contributed by atoms with Gasteiger partial charge in [0.15, 0.2) is 5.17 Å². The fraction of sp³-hybridized carbons (Fsp3) is 0.296. The predicted molar refractivity (Wildman–Crippen MR) is 146 cm³/mol. The third-order valence-electron chi connectivity index (χ3n) is 6.19. The number of allylic oxidation sites excluding steroid dienone is 1. The Labute approximate surface area is 222 Å². The van der Waals surface area contributed by atoms with Gasteiger partial charge in [0.1, 0.15) is 0 Å². The van der Waals surface area contributed by atoms with Gasteiger partial charge in [-0.15, -0.1) is 0 Å². The molecule has 0 aliphatic carbocycles. The van der Waals surface area contributed by atoms with Gasteiger partial charge in [-0.1, -0.05) is 30.4 Å². The molecule has 0 saturated carbocycles. The number of carbonyl (C=O) groups is 1. The lowest BCUT2D eigenvalue weighted by Gasteiger charge is -2.27. The van der Waals surface area contributed by atoms with Crippen molar-refractivity contribution in [1.82, 2.24) is 20.0 Å². The number of aliphatic imine (C=N–C) groups is 1. The number of carbonyl (C=O) groups excluding carboxylic acids is 1. The van der Waals surface area contributed by atoms with Crippen LogP contribution in [-0.2, 0) is 17.5 Å². The highest BCUT2D eigenvalue weighted by molar-refractivity contribution is 8.18. The zero-order chi connectivity index (χ0) is 27.4. The topological polar surface area (TPSA) is 82.8 Å². The average Bonchev–Trinajstić information content (AvgIpc) is 3.48. The summed E-state index contributed by atoms with van der Waals surface area (Å²) < 4.78 is 42.8. The first-order valence-corrected chi connectivity index (χ1v) is 12.8. The highest BCUT2D eigenvalue weighted by atomic mass is 32.2. The second-order valence-electron chi connectivity index (χ2n) is 8.82. The normalized spacial score (nSPS) is 17.0. The number of amides is 1. The van der Waals surface area contributed by atoms with E-state index in [0.29, 0.717) is 21.6 Å². The van der Waals surface area contributed by atoms with Crippen LogP contribution in [0.5, 0.6) is 0 Å². The standard InChI is InChI=1S/C26H24F3N5OS.CH4O/c1-16(2)18-4-5-19(21(13-18)26(27,28)29)15-34-22-6-3-17(11-20(22)14-31-34)12-23-24(35)32-25(36-23)33-9-7-30-8-10-33;1-2/h3-6,11-14,30H,1,7-10,15H2,2H3;2H,1H3/b23-12-;. The third-order valence-corrected chi connectivity index (χ3v) is 7.23. The van der Waals surface area contributed by atoms with Crippen LogP contribution in [0.3, 0.4) is 0 Å². The van der Waals surface area contributed by atoms with Crippen molar-refractivity contribution < 1.29 is 23.1 Å². The quantitative estimate of drug-likeness (QED) is 0.468. The second kappa shape index (κ2) is 11.5. The summed E-state index contributed by atoms with van der Waals surface area (Å²) >= 11 is 1.37. The SMILES string of the molecule is C=C(C)c1ccc(Cn2ncc3cc(/C=C4\SC(N5CCNCC5)=NC4=O)ccc32)c(C(F)(F)F)c1.CO. The number of nitrogens with zero attached hydrogens (tertiary/aromatic N) is 4. The number of fused-ring (bicyclic) bond motifs is 1. The van der Waals surface area contributed by atoms with Crippen LogP contribution < -0.4 is 5.32 Å². The van der Waals surface area contributed by atoms with Gasteiger partial charge in [0.05, 0.1) is 28.7 Å². The summed E-state index contributed by atoms with van der Waals surface area (Å²) in [5, 5.41) is 16.1. The van der Waals surface area contributed by atoms with Gasteiger partial charge < -0.3 is 15.3 Å². The maximum Gasteiger partial charge on any atom is 0.416 e. The molecular weight excluding hydrogens is 515 g/mol. The minimum atomic E-state index is -4.49. The maximum atomic E-state index is 13.7. The van der Waals surface area contributed by atoms with Crippen molar-refractivity contribution in [3.8, 4) is 0 Å². The smallest absolute Gasteiger partial charge is 0.400 e. The largest absolute Gasteiger partial charge is 0.416 e. The van der Waals surface area contributed by atoms with Crippen LogP contribution in [-0.4, -0.2) is 64.2 Å². The number of benzene rings is 2. The van der Waals surface area contributed by atoms with Crippen LogP contribution in [0, 0.1) is 0 Å². The minimum absolute atomic E-state index is 0.0223. The molecule has 1 amide bonds. The Hall–Kier alpha value is -3.41. The third kappa shape index (κ3) is 6.01. The van der Waals surface area contributed by atoms with Crippen LogP contribution in [0.1, 0.15) is 29.2 Å². The summed E-state index contributed by atoms with van der Waals surface area (Å²) in [5.41, 5.74) is 1.98. The number of halogens is 3. The first-order valence-electron chi connectivity index (χ1n) is 11.9. The summed E-state index contributed by atoms with van der Waals surface area (Å²) in [6.45, 7) is 8.74. The van der Waals surface area contributed by atoms with E-state index in [1.807, 2.05) is 18.2 Å². The van der Waals surface area contributed by atoms with Crippen LogP contribution in [0.25, 0.3) is 22.6 Å². The molecule has 2 N–H and O–H groups in total. The molecule has 3 aromatic rings. The number of hydrogen-bond donors (Lipinski definition) is 2. The van der Waals surface area contributed by atoms with Crippen molar-refractivity contribution >= 4 is 45.4 Å². The fourth-order valence-electron chi connectivity index (χ4n) is 4.27. The highest BCUT2D eigenvalue weighted by Crippen LogP contribution is 2.35. The maximum absolute atomic E-state index is 13.7. The van der Waals surface area contributed by atoms with Gasteiger partial charge in [0.2, 0.25) is 0 Å². The van der Waals surface area contributed by atoms with Crippen LogP contribution in [0.4, 0.5) is 13.2 Å². The number of piperazine rings is 1. The van der Waals surface area contributed by atoms with E-state index in [1.165, 1.54) is 17.8 Å². The van der Waals surface area contributed by atoms with Gasteiger partial charge in [-0.2, -0.15) is 23.3 Å². The molecule has 0 atom stereocenters. The Morgan fingerprint density at radius 3 is 2.61 bits per heavy atom. The predicted octanol–water partition coefficient (Wildman–Crippen LogP) is 4.62. The number of aliphatic hydroxyl groups excluding tert-OH is 1. The fourth-order valence-corrected chi connectivity index (χ4v) is 5.23. The summed E-state index contributed by atoms with van der Waals surface area (Å²) in [4.78, 5) is 19.3. The number of rotatable bonds is 4. The Kier molecular flexibility index (Phi) is 8.39. The Balaban J connectivity index is 0.00000164. The molecule has 1 aromatic heterocycles. The molecule has 200 valence electrons. The zero-order valence-electron chi connectivity index (χ0n) is 21.0. The number of thioether (sulfide) groups is 1. The Morgan fingerprint density at radius 2 is 1.92 bits per heavy atom. The molecule has 2 aromatic carbocycles. The summed E-state index contributed by atoms with van der Waals surface area (Å²) in [6.07, 6.45) is -1.07. The van der Waals surface area contributed by atoms with Crippen molar-refractivity contribution in [2.24, 2.45) is 4.99 Å². The Morgan fingerprint density at radius 1 is 1.18 bits per heavy atom. The molecule has 11 heteroatoms. The number of aliphatic hydroxyl groups is 1. The van der Waals surface area contributed by atoms with Gasteiger partial charge in [-0.25, -0.2) is 0 Å². The lowest BCUT2D eigenvalue weighted by atomic mass is 10.00. The number of alkyl halides is 3. The average molecular weight is 544 g/mol. The summed E-state index contributed by atoms with van der Waals surface area (Å²) in [7, 11) is 1.00. The van der Waals surface area contributed by atoms with Crippen LogP contribution in [0.2, 0.25) is 0 Å². The lowest BCUT2D eigenvalue weighted by molar-refractivity contribution is -0.138. The molecule has 1 fully saturated rings. The van der Waals surface area contributed by atoms with E-state index in [0.717, 1.165) is 55.5 Å². The van der Waals surface area contributed by atoms with Gasteiger partial charge in [-0.05, 0) is 59.7 Å². The number of aromatic nitrogens is 2. The van der Waals surface area contributed by atoms with E-state index in [-0.39, 0.29) is 18.0 Å². The molecule has 0 bridgehead atoms. The molecule has 3 heterocycles. The highest BCUT2D eigenvalue weighted by Gasteiger charge is 2.34. The van der Waals surface area contributed by atoms with E-state index in [1.54, 1.807) is 29.9 Å². The van der Waals surface area contributed by atoms with Crippen molar-refractivity contribution in [2.75, 3.05) is 33.3 Å². The van der Waals surface area contributed by atoms with E-state index >= 15 is 0 Å². The van der Waals surface area contributed by atoms with Gasteiger partial charge in [0, 0.05) is 38.7 Å². The van der Waals surface area contributed by atoms with Crippen LogP contribution >= 0.6 is 11.8 Å². The van der Waals surface area contributed by atoms with E-state index in [4.69, 9.17) is 5.11 Å². The molecule has 7 nitrogen and oxygen atoms in total. The van der Waals surface area contributed by atoms with Gasteiger partial charge in [0.25, 0.3) is 5.91 Å². The van der Waals surface area contributed by atoms with Gasteiger partial charge >= 0.3 is 6.18 Å². The van der Waals surface area contributed by atoms with Crippen molar-refractivity contribution in [1.29, 1.82) is 0 Å². The Bertz CT molecular complexity index is 1420.